The van der Waals surface area contributed by atoms with Gasteiger partial charge in [0.1, 0.15) is 6.10 Å². The van der Waals surface area contributed by atoms with Crippen molar-refractivity contribution in [2.24, 2.45) is 13.0 Å². The quantitative estimate of drug-likeness (QED) is 0.144. The van der Waals surface area contributed by atoms with Crippen molar-refractivity contribution in [2.45, 2.75) is 43.9 Å². The second kappa shape index (κ2) is 13.4. The molecule has 1 saturated carbocycles. The first kappa shape index (κ1) is 30.2. The van der Waals surface area contributed by atoms with E-state index in [0.29, 0.717) is 49.0 Å². The summed E-state index contributed by atoms with van der Waals surface area (Å²) in [6.07, 6.45) is 3.90. The van der Waals surface area contributed by atoms with Gasteiger partial charge in [0.25, 0.3) is 0 Å². The lowest BCUT2D eigenvalue weighted by molar-refractivity contribution is -0.128. The Morgan fingerprint density at radius 2 is 1.67 bits per heavy atom. The predicted octanol–water partition coefficient (Wildman–Crippen LogP) is 2.88. The number of fused-ring (bicyclic) bond motifs is 1. The maximum Gasteiger partial charge on any atom is 0.226 e. The van der Waals surface area contributed by atoms with Crippen molar-refractivity contribution in [3.63, 3.8) is 0 Å². The molecule has 5 aromatic rings. The zero-order chi connectivity index (χ0) is 31.3. The lowest BCUT2D eigenvalue weighted by Gasteiger charge is -2.20. The maximum atomic E-state index is 12.6. The predicted molar refractivity (Wildman–Crippen MR) is 172 cm³/mol. The molecule has 1 aliphatic carbocycles. The summed E-state index contributed by atoms with van der Waals surface area (Å²) in [6.45, 7) is 3.37. The zero-order valence-corrected chi connectivity index (χ0v) is 25.4. The summed E-state index contributed by atoms with van der Waals surface area (Å²) in [6, 6.07) is 20.0. The second-order valence-corrected chi connectivity index (χ2v) is 11.5. The number of rotatable bonds is 12. The molecular weight excluding hydrogens is 570 g/mol. The first-order valence-corrected chi connectivity index (χ1v) is 15.4. The van der Waals surface area contributed by atoms with Gasteiger partial charge in [-0.15, -0.1) is 0 Å². The molecule has 0 aliphatic heterocycles. The Balaban J connectivity index is 1.32. The van der Waals surface area contributed by atoms with Gasteiger partial charge >= 0.3 is 0 Å². The minimum atomic E-state index is -1.20. The Hall–Kier alpha value is -4.81. The Bertz CT molecular complexity index is 1680. The minimum Gasteiger partial charge on any atom is -0.390 e. The molecule has 1 fully saturated rings. The molecule has 12 nitrogen and oxygen atoms in total. The zero-order valence-electron chi connectivity index (χ0n) is 25.4. The van der Waals surface area contributed by atoms with Crippen LogP contribution < -0.4 is 16.0 Å². The molecule has 234 valence electrons. The number of aryl methyl sites for hydroxylation is 1. The van der Waals surface area contributed by atoms with Crippen molar-refractivity contribution < 1.29 is 15.0 Å². The summed E-state index contributed by atoms with van der Waals surface area (Å²) in [5.41, 5.74) is 4.31. The highest BCUT2D eigenvalue weighted by molar-refractivity contribution is 5.85. The van der Waals surface area contributed by atoms with Crippen molar-refractivity contribution in [3.05, 3.63) is 96.3 Å². The van der Waals surface area contributed by atoms with Gasteiger partial charge in [0, 0.05) is 45.2 Å². The molecular formula is C33H39N9O3. The average Bonchev–Trinajstić information content (AvgIpc) is 3.75. The van der Waals surface area contributed by atoms with Crippen LogP contribution in [0.25, 0.3) is 11.2 Å². The van der Waals surface area contributed by atoms with Gasteiger partial charge in [0.2, 0.25) is 11.9 Å². The van der Waals surface area contributed by atoms with E-state index < -0.39 is 24.2 Å². The van der Waals surface area contributed by atoms with Crippen LogP contribution >= 0.6 is 0 Å². The standard InChI is InChI=1S/C33H39N9O3/c1-3-34-32(45)24-16-26(29(44)28(24)43)42-20-38-27-30(39-33(40-31(27)42)35-15-14-23-18-41(2)19-37-23)36-17-25(21-10-6-4-7-11-21)22-12-8-5-9-13-22/h4-13,18-20,24-26,28-29,43-44H,3,14-17H2,1-2H3,(H,34,45)(H2,35,36,39,40)/t24-,26+,28+,29-/m0/s1. The number of aliphatic hydroxyl groups is 2. The Morgan fingerprint density at radius 1 is 0.956 bits per heavy atom. The number of carbonyl (C=O) groups is 1. The van der Waals surface area contributed by atoms with Crippen LogP contribution in [-0.4, -0.2) is 77.0 Å². The largest absolute Gasteiger partial charge is 0.390 e. The van der Waals surface area contributed by atoms with Crippen molar-refractivity contribution in [1.82, 2.24) is 34.4 Å². The van der Waals surface area contributed by atoms with E-state index in [4.69, 9.17) is 9.97 Å². The highest BCUT2D eigenvalue weighted by atomic mass is 16.3. The number of hydrogen-bond acceptors (Lipinski definition) is 9. The van der Waals surface area contributed by atoms with Crippen LogP contribution in [0.2, 0.25) is 0 Å². The lowest BCUT2D eigenvalue weighted by atomic mass is 9.91. The number of carbonyl (C=O) groups excluding carboxylic acids is 1. The number of anilines is 2. The van der Waals surface area contributed by atoms with Gasteiger partial charge in [-0.2, -0.15) is 9.97 Å². The Morgan fingerprint density at radius 3 is 2.31 bits per heavy atom. The molecule has 0 saturated heterocycles. The van der Waals surface area contributed by atoms with Gasteiger partial charge in [-0.3, -0.25) is 4.79 Å². The molecule has 2 aromatic carbocycles. The Labute approximate surface area is 261 Å². The highest BCUT2D eigenvalue weighted by Gasteiger charge is 2.46. The highest BCUT2D eigenvalue weighted by Crippen LogP contribution is 2.38. The Kier molecular flexibility index (Phi) is 9.03. The number of benzene rings is 2. The van der Waals surface area contributed by atoms with Gasteiger partial charge in [0.05, 0.1) is 36.4 Å². The van der Waals surface area contributed by atoms with Gasteiger partial charge in [-0.1, -0.05) is 60.7 Å². The van der Waals surface area contributed by atoms with Gasteiger partial charge in [-0.25, -0.2) is 9.97 Å². The van der Waals surface area contributed by atoms with E-state index >= 15 is 0 Å². The lowest BCUT2D eigenvalue weighted by Crippen LogP contribution is -2.38. The third kappa shape index (κ3) is 6.52. The maximum absolute atomic E-state index is 12.6. The van der Waals surface area contributed by atoms with E-state index in [9.17, 15) is 15.0 Å². The normalized spacial score (nSPS) is 19.7. The SMILES string of the molecule is CCNC(=O)[C@H]1C[C@@H](n2cnc3c(NCC(c4ccccc4)c4ccccc4)nc(NCCc4cn(C)cn4)nc32)[C@H](O)[C@@H]1O. The minimum absolute atomic E-state index is 0.0460. The van der Waals surface area contributed by atoms with Crippen LogP contribution in [0.5, 0.6) is 0 Å². The van der Waals surface area contributed by atoms with E-state index in [1.54, 1.807) is 17.2 Å². The fourth-order valence-corrected chi connectivity index (χ4v) is 6.11. The van der Waals surface area contributed by atoms with Crippen molar-refractivity contribution in [2.75, 3.05) is 30.3 Å². The van der Waals surface area contributed by atoms with Gasteiger partial charge in [0.15, 0.2) is 17.0 Å². The molecule has 1 aliphatic rings. The number of aromatic nitrogens is 6. The molecule has 5 N–H and O–H groups in total. The van der Waals surface area contributed by atoms with Crippen LogP contribution in [0, 0.1) is 5.92 Å². The van der Waals surface area contributed by atoms with Crippen LogP contribution in [-0.2, 0) is 18.3 Å². The molecule has 3 heterocycles. The number of aliphatic hydroxyl groups excluding tert-OH is 2. The van der Waals surface area contributed by atoms with Crippen molar-refractivity contribution >= 4 is 28.8 Å². The second-order valence-electron chi connectivity index (χ2n) is 11.5. The first-order chi connectivity index (χ1) is 21.9. The third-order valence-electron chi connectivity index (χ3n) is 8.42. The van der Waals surface area contributed by atoms with E-state index in [1.807, 2.05) is 61.1 Å². The fraction of sp³-hybridized carbons (Fsp3) is 0.364. The van der Waals surface area contributed by atoms with Crippen molar-refractivity contribution in [1.29, 1.82) is 0 Å². The number of nitrogens with one attached hydrogen (secondary N) is 3. The summed E-state index contributed by atoms with van der Waals surface area (Å²) >= 11 is 0. The van der Waals surface area contributed by atoms with E-state index in [1.165, 1.54) is 11.1 Å². The monoisotopic (exact) mass is 609 g/mol. The number of imidazole rings is 2. The molecule has 45 heavy (non-hydrogen) atoms. The molecule has 12 heteroatoms. The van der Waals surface area contributed by atoms with Crippen LogP contribution in [0.15, 0.2) is 79.5 Å². The smallest absolute Gasteiger partial charge is 0.226 e. The summed E-state index contributed by atoms with van der Waals surface area (Å²) in [5.74, 6) is -0.0334. The topological polar surface area (TPSA) is 155 Å². The molecule has 0 radical (unpaired) electrons. The molecule has 6 rings (SSSR count). The number of hydrogen-bond donors (Lipinski definition) is 5. The third-order valence-corrected chi connectivity index (χ3v) is 8.42. The van der Waals surface area contributed by atoms with E-state index in [0.717, 1.165) is 5.69 Å². The molecule has 0 unspecified atom stereocenters. The summed E-state index contributed by atoms with van der Waals surface area (Å²) in [7, 11) is 1.93. The van der Waals surface area contributed by atoms with E-state index in [-0.39, 0.29) is 18.2 Å². The number of nitrogens with zero attached hydrogens (tertiary/aromatic N) is 6. The molecule has 1 amide bonds. The summed E-state index contributed by atoms with van der Waals surface area (Å²) in [5, 5.41) is 31.5. The average molecular weight is 610 g/mol. The van der Waals surface area contributed by atoms with Gasteiger partial charge in [-0.05, 0) is 24.5 Å². The van der Waals surface area contributed by atoms with Crippen LogP contribution in [0.1, 0.15) is 42.1 Å². The first-order valence-electron chi connectivity index (χ1n) is 15.4. The van der Waals surface area contributed by atoms with Crippen molar-refractivity contribution in [3.8, 4) is 0 Å². The van der Waals surface area contributed by atoms with E-state index in [2.05, 4.69) is 50.2 Å². The van der Waals surface area contributed by atoms with Gasteiger partial charge < -0.3 is 35.3 Å². The van der Waals surface area contributed by atoms with Crippen LogP contribution in [0.4, 0.5) is 11.8 Å². The number of amides is 1. The summed E-state index contributed by atoms with van der Waals surface area (Å²) in [4.78, 5) is 31.3. The molecule has 0 bridgehead atoms. The van der Waals surface area contributed by atoms with Crippen LogP contribution in [0.3, 0.4) is 0 Å². The summed E-state index contributed by atoms with van der Waals surface area (Å²) < 4.78 is 3.66. The molecule has 4 atom stereocenters. The molecule has 0 spiro atoms. The molecule has 3 aromatic heterocycles. The fourth-order valence-electron chi connectivity index (χ4n) is 6.11.